The van der Waals surface area contributed by atoms with Crippen LogP contribution >= 0.6 is 0 Å². The first-order chi connectivity index (χ1) is 5.57. The third kappa shape index (κ3) is 1.58. The van der Waals surface area contributed by atoms with Crippen molar-refractivity contribution in [2.24, 2.45) is 0 Å². The highest BCUT2D eigenvalue weighted by molar-refractivity contribution is 4.87. The third-order valence-corrected chi connectivity index (χ3v) is 1.87. The Morgan fingerprint density at radius 1 is 0.917 bits per heavy atom. The van der Waals surface area contributed by atoms with Gasteiger partial charge < -0.3 is 30.3 Å². The summed E-state index contributed by atoms with van der Waals surface area (Å²) in [6, 6.07) is 0. The summed E-state index contributed by atoms with van der Waals surface area (Å²) >= 11 is 0. The summed E-state index contributed by atoms with van der Waals surface area (Å²) in [4.78, 5) is 0. The molecule has 1 aliphatic rings. The number of aliphatic hydroxyl groups is 5. The molecular formula is C6H12O6. The molecule has 1 heterocycles. The maximum atomic E-state index is 9.12. The van der Waals surface area contributed by atoms with E-state index in [0.717, 1.165) is 0 Å². The predicted octanol–water partition coefficient (Wildman–Crippen LogP) is -3.22. The van der Waals surface area contributed by atoms with Crippen molar-refractivity contribution in [3.63, 3.8) is 0 Å². The largest absolute Gasteiger partial charge is 0.394 e. The lowest BCUT2D eigenvalue weighted by atomic mass is 10.00. The topological polar surface area (TPSA) is 110 Å². The fourth-order valence-electron chi connectivity index (χ4n) is 1.08. The molecule has 1 unspecified atom stereocenters. The molecular weight excluding hydrogens is 168 g/mol. The van der Waals surface area contributed by atoms with Gasteiger partial charge in [0, 0.05) is 0 Å². The molecule has 0 amide bonds. The zero-order valence-corrected chi connectivity index (χ0v) is 6.24. The van der Waals surface area contributed by atoms with E-state index in [4.69, 9.17) is 25.5 Å². The first-order valence-electron chi connectivity index (χ1n) is 3.56. The quantitative estimate of drug-likeness (QED) is 0.290. The molecule has 12 heavy (non-hydrogen) atoms. The molecule has 0 spiro atoms. The van der Waals surface area contributed by atoms with Gasteiger partial charge in [-0.2, -0.15) is 0 Å². The van der Waals surface area contributed by atoms with Crippen LogP contribution in [0.2, 0.25) is 0 Å². The highest BCUT2D eigenvalue weighted by Gasteiger charge is 2.42. The Labute approximate surface area is 68.6 Å². The normalized spacial score (nSPS) is 49.2. The molecule has 6 heteroatoms. The van der Waals surface area contributed by atoms with Gasteiger partial charge in [-0.05, 0) is 0 Å². The number of aliphatic hydroxyl groups excluding tert-OH is 5. The Hall–Kier alpha value is -0.240. The van der Waals surface area contributed by atoms with Gasteiger partial charge in [0.25, 0.3) is 0 Å². The molecule has 0 aromatic rings. The highest BCUT2D eigenvalue weighted by Crippen LogP contribution is 2.18. The molecule has 0 bridgehead atoms. The van der Waals surface area contributed by atoms with Gasteiger partial charge in [0.2, 0.25) is 0 Å². The van der Waals surface area contributed by atoms with Crippen LogP contribution in [0.25, 0.3) is 0 Å². The Kier molecular flexibility index (Phi) is 2.99. The molecule has 72 valence electrons. The van der Waals surface area contributed by atoms with E-state index in [9.17, 15) is 0 Å². The van der Waals surface area contributed by atoms with Crippen molar-refractivity contribution in [3.8, 4) is 0 Å². The molecule has 0 saturated carbocycles. The van der Waals surface area contributed by atoms with Crippen molar-refractivity contribution in [3.05, 3.63) is 0 Å². The Balaban J connectivity index is 2.63. The second kappa shape index (κ2) is 3.65. The first-order valence-corrected chi connectivity index (χ1v) is 3.56. The minimum absolute atomic E-state index is 0.526. The Morgan fingerprint density at radius 3 is 2.00 bits per heavy atom. The summed E-state index contributed by atoms with van der Waals surface area (Å²) in [6.07, 6.45) is -7.04. The summed E-state index contributed by atoms with van der Waals surface area (Å²) in [5, 5.41) is 44.7. The molecule has 1 fully saturated rings. The van der Waals surface area contributed by atoms with Crippen molar-refractivity contribution in [1.29, 1.82) is 0 Å². The summed E-state index contributed by atoms with van der Waals surface area (Å²) in [7, 11) is 0. The lowest BCUT2D eigenvalue weighted by Crippen LogP contribution is -2.58. The zero-order valence-electron chi connectivity index (χ0n) is 6.24. The van der Waals surface area contributed by atoms with Crippen molar-refractivity contribution < 1.29 is 30.3 Å². The van der Waals surface area contributed by atoms with Crippen molar-refractivity contribution in [2.45, 2.75) is 30.7 Å². The van der Waals surface area contributed by atoms with Gasteiger partial charge in [0.1, 0.15) is 24.4 Å². The van der Waals surface area contributed by atoms with Gasteiger partial charge in [-0.15, -0.1) is 0 Å². The van der Waals surface area contributed by atoms with Gasteiger partial charge in [-0.1, -0.05) is 0 Å². The summed E-state index contributed by atoms with van der Waals surface area (Å²) < 4.78 is 4.58. The lowest BCUT2D eigenvalue weighted by Gasteiger charge is -2.37. The van der Waals surface area contributed by atoms with Crippen LogP contribution in [-0.4, -0.2) is 62.8 Å². The first kappa shape index (κ1) is 9.85. The van der Waals surface area contributed by atoms with Crippen molar-refractivity contribution in [1.82, 2.24) is 0 Å². The van der Waals surface area contributed by atoms with Crippen LogP contribution < -0.4 is 0 Å². The van der Waals surface area contributed by atoms with Crippen molar-refractivity contribution >= 4 is 0 Å². The maximum absolute atomic E-state index is 9.12. The van der Waals surface area contributed by atoms with Crippen LogP contribution in [0.1, 0.15) is 0 Å². The number of hydrogen-bond acceptors (Lipinski definition) is 6. The van der Waals surface area contributed by atoms with Crippen LogP contribution in [0.5, 0.6) is 0 Å². The van der Waals surface area contributed by atoms with Crippen LogP contribution in [0, 0.1) is 0 Å². The second-order valence-electron chi connectivity index (χ2n) is 2.72. The summed E-state index contributed by atoms with van der Waals surface area (Å²) in [5.41, 5.74) is 0. The molecule has 1 aliphatic heterocycles. The summed E-state index contributed by atoms with van der Waals surface area (Å²) in [6.45, 7) is -0.526. The van der Waals surface area contributed by atoms with Crippen molar-refractivity contribution in [2.75, 3.05) is 6.61 Å². The molecule has 0 aromatic carbocycles. The molecule has 5 atom stereocenters. The van der Waals surface area contributed by atoms with Gasteiger partial charge in [-0.3, -0.25) is 0 Å². The molecule has 0 aromatic heterocycles. The van der Waals surface area contributed by atoms with E-state index in [2.05, 4.69) is 4.74 Å². The van der Waals surface area contributed by atoms with Gasteiger partial charge in [-0.25, -0.2) is 0 Å². The second-order valence-corrected chi connectivity index (χ2v) is 2.72. The summed E-state index contributed by atoms with van der Waals surface area (Å²) in [5.74, 6) is 0. The van der Waals surface area contributed by atoms with E-state index in [0.29, 0.717) is 0 Å². The predicted molar refractivity (Wildman–Crippen MR) is 36.0 cm³/mol. The van der Waals surface area contributed by atoms with E-state index in [1.807, 2.05) is 0 Å². The highest BCUT2D eigenvalue weighted by atomic mass is 16.6. The SMILES string of the molecule is OC[C@H]1O[C@@H](O)[C@H](O)[C@@H](O)C1O. The van der Waals surface area contributed by atoms with E-state index in [1.165, 1.54) is 0 Å². The Bertz CT molecular complexity index is 146. The number of hydrogen-bond donors (Lipinski definition) is 5. The van der Waals surface area contributed by atoms with Gasteiger partial charge in [0.15, 0.2) is 6.29 Å². The van der Waals surface area contributed by atoms with Crippen LogP contribution in [0.15, 0.2) is 0 Å². The lowest BCUT2D eigenvalue weighted by molar-refractivity contribution is -0.286. The Morgan fingerprint density at radius 2 is 1.50 bits per heavy atom. The number of ether oxygens (including phenoxy) is 1. The fourth-order valence-corrected chi connectivity index (χ4v) is 1.08. The average Bonchev–Trinajstić information content (AvgIpc) is 2.08. The maximum Gasteiger partial charge on any atom is 0.184 e. The molecule has 0 aliphatic carbocycles. The zero-order chi connectivity index (χ0) is 9.30. The molecule has 6 nitrogen and oxygen atoms in total. The van der Waals surface area contributed by atoms with Gasteiger partial charge >= 0.3 is 0 Å². The van der Waals surface area contributed by atoms with E-state index in [-0.39, 0.29) is 0 Å². The van der Waals surface area contributed by atoms with Gasteiger partial charge in [0.05, 0.1) is 6.61 Å². The fraction of sp³-hybridized carbons (Fsp3) is 1.00. The average molecular weight is 180 g/mol. The van der Waals surface area contributed by atoms with E-state index < -0.39 is 37.3 Å². The standard InChI is InChI=1S/C6H12O6/c7-1-2-3(8)4(9)5(10)6(11)12-2/h2-11H,1H2/t2-,3?,4+,5-,6-/m1/s1. The molecule has 0 radical (unpaired) electrons. The minimum atomic E-state index is -1.57. The molecule has 1 saturated heterocycles. The smallest absolute Gasteiger partial charge is 0.184 e. The van der Waals surface area contributed by atoms with Crippen LogP contribution in [0.4, 0.5) is 0 Å². The van der Waals surface area contributed by atoms with Crippen LogP contribution in [0.3, 0.4) is 0 Å². The number of rotatable bonds is 1. The van der Waals surface area contributed by atoms with E-state index in [1.54, 1.807) is 0 Å². The minimum Gasteiger partial charge on any atom is -0.394 e. The van der Waals surface area contributed by atoms with E-state index >= 15 is 0 Å². The van der Waals surface area contributed by atoms with Crippen LogP contribution in [-0.2, 0) is 4.74 Å². The molecule has 5 N–H and O–H groups in total. The third-order valence-electron chi connectivity index (χ3n) is 1.87. The monoisotopic (exact) mass is 180 g/mol. The molecule has 1 rings (SSSR count).